The van der Waals surface area contributed by atoms with Crippen molar-refractivity contribution in [2.75, 3.05) is 18.5 Å². The molecule has 5 nitrogen and oxygen atoms in total. The molecular weight excluding hydrogens is 420 g/mol. The lowest BCUT2D eigenvalue weighted by Gasteiger charge is -2.12. The highest BCUT2D eigenvalue weighted by molar-refractivity contribution is 7.80. The van der Waals surface area contributed by atoms with Crippen LogP contribution in [-0.2, 0) is 6.42 Å². The number of thiocarbonyl (C=S) groups is 1. The fraction of sp³-hybridized carbons (Fsp3) is 0.231. The zero-order valence-corrected chi connectivity index (χ0v) is 19.0. The largest absolute Gasteiger partial charge is 0.494 e. The molecular formula is C26H28N2O3S. The summed E-state index contributed by atoms with van der Waals surface area (Å²) in [6.07, 6.45) is 2.80. The molecule has 166 valence electrons. The van der Waals surface area contributed by atoms with Crippen molar-refractivity contribution in [3.8, 4) is 11.5 Å². The van der Waals surface area contributed by atoms with E-state index in [1.165, 1.54) is 5.56 Å². The van der Waals surface area contributed by atoms with E-state index in [9.17, 15) is 4.79 Å². The molecule has 0 radical (unpaired) electrons. The second kappa shape index (κ2) is 12.5. The van der Waals surface area contributed by atoms with Crippen molar-refractivity contribution in [3.63, 3.8) is 0 Å². The summed E-state index contributed by atoms with van der Waals surface area (Å²) in [5.74, 6) is 1.12. The topological polar surface area (TPSA) is 59.6 Å². The molecule has 32 heavy (non-hydrogen) atoms. The van der Waals surface area contributed by atoms with Crippen molar-refractivity contribution >= 4 is 28.9 Å². The van der Waals surface area contributed by atoms with Gasteiger partial charge in [-0.3, -0.25) is 10.1 Å². The number of hydrogen-bond donors (Lipinski definition) is 2. The van der Waals surface area contributed by atoms with E-state index in [0.29, 0.717) is 24.5 Å². The molecule has 1 amide bonds. The van der Waals surface area contributed by atoms with Crippen LogP contribution in [0.2, 0.25) is 0 Å². The Morgan fingerprint density at radius 1 is 0.875 bits per heavy atom. The molecule has 0 aliphatic carbocycles. The number of amides is 1. The van der Waals surface area contributed by atoms with Crippen LogP contribution in [0.1, 0.15) is 35.7 Å². The Bertz CT molecular complexity index is 1020. The summed E-state index contributed by atoms with van der Waals surface area (Å²) in [4.78, 5) is 12.5. The van der Waals surface area contributed by atoms with Gasteiger partial charge in [0.05, 0.1) is 13.2 Å². The van der Waals surface area contributed by atoms with Crippen LogP contribution >= 0.6 is 12.2 Å². The van der Waals surface area contributed by atoms with Gasteiger partial charge in [0.25, 0.3) is 5.91 Å². The van der Waals surface area contributed by atoms with Gasteiger partial charge in [-0.15, -0.1) is 0 Å². The molecule has 0 bridgehead atoms. The Hall–Kier alpha value is -3.38. The lowest BCUT2D eigenvalue weighted by molar-refractivity contribution is 0.0977. The van der Waals surface area contributed by atoms with Crippen LogP contribution in [0.4, 0.5) is 5.69 Å². The number of benzene rings is 3. The maximum absolute atomic E-state index is 12.5. The Morgan fingerprint density at radius 3 is 2.38 bits per heavy atom. The van der Waals surface area contributed by atoms with Crippen LogP contribution in [0.5, 0.6) is 11.5 Å². The fourth-order valence-corrected chi connectivity index (χ4v) is 3.27. The summed E-state index contributed by atoms with van der Waals surface area (Å²) in [7, 11) is 0. The Kier molecular flexibility index (Phi) is 9.07. The molecule has 6 heteroatoms. The number of rotatable bonds is 10. The number of hydrogen-bond acceptors (Lipinski definition) is 4. The van der Waals surface area contributed by atoms with Gasteiger partial charge in [-0.2, -0.15) is 0 Å². The van der Waals surface area contributed by atoms with Crippen molar-refractivity contribution in [3.05, 3.63) is 90.0 Å². The summed E-state index contributed by atoms with van der Waals surface area (Å²) < 4.78 is 11.4. The average molecular weight is 449 g/mol. The first-order valence-corrected chi connectivity index (χ1v) is 11.2. The highest BCUT2D eigenvalue weighted by Crippen LogP contribution is 2.18. The van der Waals surface area contributed by atoms with Gasteiger partial charge in [0.1, 0.15) is 11.5 Å². The van der Waals surface area contributed by atoms with Crippen LogP contribution < -0.4 is 20.1 Å². The summed E-state index contributed by atoms with van der Waals surface area (Å²) in [5.41, 5.74) is 2.53. The number of carbonyl (C=O) groups excluding carboxylic acids is 1. The van der Waals surface area contributed by atoms with Crippen molar-refractivity contribution in [2.45, 2.75) is 26.2 Å². The molecule has 0 aromatic heterocycles. The zero-order valence-electron chi connectivity index (χ0n) is 18.2. The third-order valence-electron chi connectivity index (χ3n) is 4.61. The minimum atomic E-state index is -0.294. The first kappa shape index (κ1) is 23.3. The van der Waals surface area contributed by atoms with Crippen LogP contribution in [0.15, 0.2) is 78.9 Å². The van der Waals surface area contributed by atoms with Gasteiger partial charge in [0.2, 0.25) is 0 Å². The van der Waals surface area contributed by atoms with Gasteiger partial charge < -0.3 is 14.8 Å². The average Bonchev–Trinajstić information content (AvgIpc) is 2.81. The molecule has 0 saturated carbocycles. The van der Waals surface area contributed by atoms with E-state index in [1.54, 1.807) is 18.2 Å². The molecule has 0 aliphatic rings. The van der Waals surface area contributed by atoms with Gasteiger partial charge in [0, 0.05) is 17.3 Å². The van der Waals surface area contributed by atoms with Gasteiger partial charge in [-0.05, 0) is 67.4 Å². The van der Waals surface area contributed by atoms with E-state index in [-0.39, 0.29) is 11.0 Å². The van der Waals surface area contributed by atoms with Gasteiger partial charge in [-0.25, -0.2) is 0 Å². The predicted molar refractivity (Wildman–Crippen MR) is 133 cm³/mol. The zero-order chi connectivity index (χ0) is 22.6. The number of ether oxygens (including phenoxy) is 2. The third-order valence-corrected chi connectivity index (χ3v) is 4.81. The van der Waals surface area contributed by atoms with Crippen molar-refractivity contribution in [1.29, 1.82) is 0 Å². The molecule has 0 aliphatic heterocycles. The Morgan fingerprint density at radius 2 is 1.59 bits per heavy atom. The van der Waals surface area contributed by atoms with E-state index in [4.69, 9.17) is 21.7 Å². The first-order valence-electron chi connectivity index (χ1n) is 10.8. The Balaban J connectivity index is 1.47. The molecule has 3 aromatic carbocycles. The van der Waals surface area contributed by atoms with Gasteiger partial charge in [0.15, 0.2) is 5.11 Å². The molecule has 3 rings (SSSR count). The van der Waals surface area contributed by atoms with Crippen LogP contribution in [0.25, 0.3) is 0 Å². The molecule has 0 spiro atoms. The van der Waals surface area contributed by atoms with E-state index < -0.39 is 0 Å². The van der Waals surface area contributed by atoms with E-state index in [0.717, 1.165) is 30.7 Å². The fourth-order valence-electron chi connectivity index (χ4n) is 3.06. The Labute approximate surface area is 194 Å². The monoisotopic (exact) mass is 448 g/mol. The molecule has 0 fully saturated rings. The number of aryl methyl sites for hydroxylation is 1. The van der Waals surface area contributed by atoms with E-state index in [2.05, 4.69) is 22.8 Å². The van der Waals surface area contributed by atoms with Crippen molar-refractivity contribution in [2.24, 2.45) is 0 Å². The van der Waals surface area contributed by atoms with Crippen molar-refractivity contribution in [1.82, 2.24) is 5.32 Å². The lowest BCUT2D eigenvalue weighted by Crippen LogP contribution is -2.34. The highest BCUT2D eigenvalue weighted by atomic mass is 32.1. The SMILES string of the molecule is CCCOc1cccc(C(=O)NC(=S)Nc2cccc(OCCCc3ccccc3)c2)c1. The van der Waals surface area contributed by atoms with Gasteiger partial charge in [-0.1, -0.05) is 49.4 Å². The molecule has 2 N–H and O–H groups in total. The molecule has 0 atom stereocenters. The minimum absolute atomic E-state index is 0.219. The van der Waals surface area contributed by atoms with Gasteiger partial charge >= 0.3 is 0 Å². The lowest BCUT2D eigenvalue weighted by atomic mass is 10.1. The maximum atomic E-state index is 12.5. The second-order valence-corrected chi connectivity index (χ2v) is 7.66. The molecule has 0 unspecified atom stereocenters. The highest BCUT2D eigenvalue weighted by Gasteiger charge is 2.09. The number of carbonyl (C=O) groups is 1. The van der Waals surface area contributed by atoms with Crippen LogP contribution in [-0.4, -0.2) is 24.2 Å². The molecule has 3 aromatic rings. The van der Waals surface area contributed by atoms with Crippen LogP contribution in [0.3, 0.4) is 0 Å². The van der Waals surface area contributed by atoms with E-state index in [1.807, 2.05) is 55.5 Å². The van der Waals surface area contributed by atoms with E-state index >= 15 is 0 Å². The second-order valence-electron chi connectivity index (χ2n) is 7.25. The number of anilines is 1. The standard InChI is InChI=1S/C26H28N2O3S/c1-2-16-30-23-14-6-12-21(18-23)25(29)28-26(32)27-22-13-7-15-24(19-22)31-17-8-11-20-9-4-3-5-10-20/h3-7,9-10,12-15,18-19H,2,8,11,16-17H2,1H3,(H2,27,28,29,32). The quantitative estimate of drug-likeness (QED) is 0.312. The summed E-state index contributed by atoms with van der Waals surface area (Å²) in [6, 6.07) is 24.9. The maximum Gasteiger partial charge on any atom is 0.257 e. The van der Waals surface area contributed by atoms with Crippen LogP contribution in [0, 0.1) is 0 Å². The smallest absolute Gasteiger partial charge is 0.257 e. The minimum Gasteiger partial charge on any atom is -0.494 e. The van der Waals surface area contributed by atoms with Crippen molar-refractivity contribution < 1.29 is 14.3 Å². The summed E-state index contributed by atoms with van der Waals surface area (Å²) in [6.45, 7) is 3.26. The summed E-state index contributed by atoms with van der Waals surface area (Å²) in [5, 5.41) is 5.96. The predicted octanol–water partition coefficient (Wildman–Crippen LogP) is 5.61. The molecule has 0 heterocycles. The summed E-state index contributed by atoms with van der Waals surface area (Å²) >= 11 is 5.30. The first-order chi connectivity index (χ1) is 15.6. The number of nitrogens with one attached hydrogen (secondary N) is 2. The molecule has 0 saturated heterocycles. The normalized spacial score (nSPS) is 10.3. The third kappa shape index (κ3) is 7.71.